The monoisotopic (exact) mass is 237 g/mol. The predicted octanol–water partition coefficient (Wildman–Crippen LogP) is 2.30. The third kappa shape index (κ3) is 4.34. The number of hydrogen-bond donors (Lipinski definition) is 1. The lowest BCUT2D eigenvalue weighted by atomic mass is 10.2. The lowest BCUT2D eigenvalue weighted by Crippen LogP contribution is -2.16. The number of ether oxygens (including phenoxy) is 2. The van der Waals surface area contributed by atoms with Crippen LogP contribution < -0.4 is 10.5 Å². The van der Waals surface area contributed by atoms with E-state index in [9.17, 15) is 4.79 Å². The molecule has 94 valence electrons. The fourth-order valence-electron chi connectivity index (χ4n) is 1.38. The van der Waals surface area contributed by atoms with Gasteiger partial charge in [0.05, 0.1) is 12.3 Å². The van der Waals surface area contributed by atoms with Crippen molar-refractivity contribution < 1.29 is 14.3 Å². The number of hydrogen-bond acceptors (Lipinski definition) is 4. The van der Waals surface area contributed by atoms with Gasteiger partial charge in [0.1, 0.15) is 5.75 Å². The first-order valence-corrected chi connectivity index (χ1v) is 5.78. The summed E-state index contributed by atoms with van der Waals surface area (Å²) in [6, 6.07) is 5.47. The zero-order chi connectivity index (χ0) is 12.7. The molecule has 0 bridgehead atoms. The number of nitrogens with two attached hydrogens (primary N) is 1. The molecule has 0 aromatic heterocycles. The van der Waals surface area contributed by atoms with E-state index in [2.05, 4.69) is 0 Å². The Bertz CT molecular complexity index is 357. The first-order valence-electron chi connectivity index (χ1n) is 5.78. The summed E-state index contributed by atoms with van der Waals surface area (Å²) in [5.41, 5.74) is 7.19. The van der Waals surface area contributed by atoms with Crippen molar-refractivity contribution in [3.63, 3.8) is 0 Å². The molecule has 1 aromatic rings. The molecular formula is C13H19NO3. The van der Waals surface area contributed by atoms with Crippen LogP contribution in [0.15, 0.2) is 18.2 Å². The van der Waals surface area contributed by atoms with Crippen molar-refractivity contribution in [2.45, 2.75) is 26.7 Å². The van der Waals surface area contributed by atoms with Gasteiger partial charge < -0.3 is 15.2 Å². The molecule has 2 N–H and O–H groups in total. The molecule has 0 spiro atoms. The number of carbonyl (C=O) groups is 1. The van der Waals surface area contributed by atoms with Crippen molar-refractivity contribution in [1.29, 1.82) is 0 Å². The quantitative estimate of drug-likeness (QED) is 0.468. The van der Waals surface area contributed by atoms with Gasteiger partial charge >= 0.3 is 5.97 Å². The van der Waals surface area contributed by atoms with Crippen LogP contribution >= 0.6 is 0 Å². The number of esters is 1. The van der Waals surface area contributed by atoms with Crippen LogP contribution in [0.1, 0.15) is 25.3 Å². The van der Waals surface area contributed by atoms with E-state index in [1.807, 2.05) is 26.0 Å². The molecule has 1 aromatic carbocycles. The fraction of sp³-hybridized carbons (Fsp3) is 0.462. The number of carbonyl (C=O) groups excluding carboxylic acids is 1. The average molecular weight is 237 g/mol. The summed E-state index contributed by atoms with van der Waals surface area (Å²) < 4.78 is 10.3. The Morgan fingerprint density at radius 1 is 1.41 bits per heavy atom. The molecule has 0 heterocycles. The minimum Gasteiger partial charge on any atom is -0.479 e. The maximum absolute atomic E-state index is 11.3. The fourth-order valence-corrected chi connectivity index (χ4v) is 1.38. The number of anilines is 1. The van der Waals surface area contributed by atoms with Crippen LogP contribution in [-0.4, -0.2) is 19.2 Å². The summed E-state index contributed by atoms with van der Waals surface area (Å²) in [5, 5.41) is 0. The van der Waals surface area contributed by atoms with Gasteiger partial charge in [0.2, 0.25) is 0 Å². The highest BCUT2D eigenvalue weighted by Crippen LogP contribution is 2.25. The van der Waals surface area contributed by atoms with Crippen molar-refractivity contribution >= 4 is 11.7 Å². The maximum atomic E-state index is 11.3. The van der Waals surface area contributed by atoms with E-state index in [-0.39, 0.29) is 12.6 Å². The van der Waals surface area contributed by atoms with Crippen LogP contribution in [0.3, 0.4) is 0 Å². The Balaban J connectivity index is 2.42. The highest BCUT2D eigenvalue weighted by molar-refractivity contribution is 5.71. The van der Waals surface area contributed by atoms with Crippen LogP contribution in [0.5, 0.6) is 5.75 Å². The van der Waals surface area contributed by atoms with Gasteiger partial charge in [-0.15, -0.1) is 0 Å². The molecule has 17 heavy (non-hydrogen) atoms. The second-order valence-electron chi connectivity index (χ2n) is 3.86. The Hall–Kier alpha value is -1.71. The summed E-state index contributed by atoms with van der Waals surface area (Å²) in [5.74, 6) is 0.195. The third-order valence-electron chi connectivity index (χ3n) is 2.34. The second-order valence-corrected chi connectivity index (χ2v) is 3.86. The summed E-state index contributed by atoms with van der Waals surface area (Å²) in [4.78, 5) is 11.3. The van der Waals surface area contributed by atoms with E-state index >= 15 is 0 Å². The summed E-state index contributed by atoms with van der Waals surface area (Å²) in [7, 11) is 0. The van der Waals surface area contributed by atoms with Gasteiger partial charge in [-0.1, -0.05) is 25.5 Å². The normalized spacial score (nSPS) is 10.0. The third-order valence-corrected chi connectivity index (χ3v) is 2.34. The largest absolute Gasteiger partial charge is 0.479 e. The van der Waals surface area contributed by atoms with Crippen LogP contribution in [0, 0.1) is 6.92 Å². The van der Waals surface area contributed by atoms with Crippen molar-refractivity contribution in [1.82, 2.24) is 0 Å². The molecule has 0 atom stereocenters. The number of aryl methyl sites for hydroxylation is 1. The Kier molecular flexibility index (Phi) is 5.33. The molecular weight excluding hydrogens is 218 g/mol. The second kappa shape index (κ2) is 6.78. The molecule has 4 nitrogen and oxygen atoms in total. The lowest BCUT2D eigenvalue weighted by molar-refractivity contribution is -0.146. The minimum atomic E-state index is -0.360. The van der Waals surface area contributed by atoms with E-state index in [1.54, 1.807) is 6.07 Å². The molecule has 0 fully saturated rings. The van der Waals surface area contributed by atoms with Crippen molar-refractivity contribution in [3.05, 3.63) is 23.8 Å². The Morgan fingerprint density at radius 3 is 2.82 bits per heavy atom. The number of para-hydroxylation sites is 1. The molecule has 1 rings (SSSR count). The smallest absolute Gasteiger partial charge is 0.344 e. The van der Waals surface area contributed by atoms with E-state index < -0.39 is 0 Å². The van der Waals surface area contributed by atoms with Gasteiger partial charge in [0.25, 0.3) is 0 Å². The summed E-state index contributed by atoms with van der Waals surface area (Å²) in [6.45, 7) is 4.27. The Morgan fingerprint density at radius 2 is 2.18 bits per heavy atom. The maximum Gasteiger partial charge on any atom is 0.344 e. The molecule has 4 heteroatoms. The van der Waals surface area contributed by atoms with Crippen LogP contribution in [0.4, 0.5) is 5.69 Å². The van der Waals surface area contributed by atoms with Gasteiger partial charge in [-0.2, -0.15) is 0 Å². The highest BCUT2D eigenvalue weighted by atomic mass is 16.6. The van der Waals surface area contributed by atoms with E-state index in [4.69, 9.17) is 15.2 Å². The van der Waals surface area contributed by atoms with E-state index in [0.29, 0.717) is 18.0 Å². The molecule has 0 saturated carbocycles. The highest BCUT2D eigenvalue weighted by Gasteiger charge is 2.08. The standard InChI is InChI=1S/C13H19NO3/c1-3-4-8-16-12(15)9-17-13-10(2)6-5-7-11(13)14/h5-7H,3-4,8-9,14H2,1-2H3. The molecule has 0 radical (unpaired) electrons. The van der Waals surface area contributed by atoms with Gasteiger partial charge in [-0.25, -0.2) is 4.79 Å². The summed E-state index contributed by atoms with van der Waals surface area (Å²) >= 11 is 0. The van der Waals surface area contributed by atoms with Crippen molar-refractivity contribution in [2.75, 3.05) is 18.9 Å². The summed E-state index contributed by atoms with van der Waals surface area (Å²) in [6.07, 6.45) is 1.87. The molecule has 0 unspecified atom stereocenters. The zero-order valence-electron chi connectivity index (χ0n) is 10.4. The van der Waals surface area contributed by atoms with Crippen molar-refractivity contribution in [2.24, 2.45) is 0 Å². The van der Waals surface area contributed by atoms with Crippen LogP contribution in [-0.2, 0) is 9.53 Å². The van der Waals surface area contributed by atoms with E-state index in [0.717, 1.165) is 18.4 Å². The molecule has 0 aliphatic carbocycles. The molecule has 0 amide bonds. The predicted molar refractivity (Wildman–Crippen MR) is 67.0 cm³/mol. The van der Waals surface area contributed by atoms with Gasteiger partial charge in [-0.3, -0.25) is 0 Å². The van der Waals surface area contributed by atoms with Crippen LogP contribution in [0.2, 0.25) is 0 Å². The molecule has 0 aliphatic rings. The zero-order valence-corrected chi connectivity index (χ0v) is 10.4. The number of unbranched alkanes of at least 4 members (excludes halogenated alkanes) is 1. The van der Waals surface area contributed by atoms with Gasteiger partial charge in [-0.05, 0) is 25.0 Å². The van der Waals surface area contributed by atoms with Crippen LogP contribution in [0.25, 0.3) is 0 Å². The first-order chi connectivity index (χ1) is 8.15. The molecule has 0 aliphatic heterocycles. The lowest BCUT2D eigenvalue weighted by Gasteiger charge is -2.11. The van der Waals surface area contributed by atoms with Crippen molar-refractivity contribution in [3.8, 4) is 5.75 Å². The van der Waals surface area contributed by atoms with E-state index in [1.165, 1.54) is 0 Å². The Labute approximate surface area is 102 Å². The minimum absolute atomic E-state index is 0.0984. The topological polar surface area (TPSA) is 61.5 Å². The first kappa shape index (κ1) is 13.4. The van der Waals surface area contributed by atoms with Gasteiger partial charge in [0.15, 0.2) is 6.61 Å². The molecule has 0 saturated heterocycles. The van der Waals surface area contributed by atoms with Gasteiger partial charge in [0, 0.05) is 0 Å². The average Bonchev–Trinajstić information content (AvgIpc) is 2.29. The number of benzene rings is 1. The SMILES string of the molecule is CCCCOC(=O)COc1c(C)cccc1N. The number of rotatable bonds is 6. The number of nitrogen functional groups attached to an aromatic ring is 1.